The smallest absolute Gasteiger partial charge is 0.227 e. The van der Waals surface area contributed by atoms with E-state index in [9.17, 15) is 4.39 Å². The summed E-state index contributed by atoms with van der Waals surface area (Å²) in [5.74, 6) is -0.387. The van der Waals surface area contributed by atoms with Gasteiger partial charge in [0.25, 0.3) is 0 Å². The zero-order valence-corrected chi connectivity index (χ0v) is 8.55. The summed E-state index contributed by atoms with van der Waals surface area (Å²) in [6, 6.07) is 1.77. The number of rotatable bonds is 0. The molecule has 48 valence electrons. The van der Waals surface area contributed by atoms with Crippen molar-refractivity contribution in [2.45, 2.75) is 0 Å². The van der Waals surface area contributed by atoms with Crippen LogP contribution < -0.4 is 0 Å². The van der Waals surface area contributed by atoms with E-state index in [1.165, 1.54) is 6.20 Å². The Hall–Kier alpha value is 0.540. The highest BCUT2D eigenvalue weighted by molar-refractivity contribution is 14.1. The average Bonchev–Trinajstić information content (AvgIpc) is 1.83. The number of aromatic nitrogens is 1. The predicted molar refractivity (Wildman–Crippen MR) is 49.6 cm³/mol. The lowest BCUT2D eigenvalue weighted by Crippen LogP contribution is -1.88. The summed E-state index contributed by atoms with van der Waals surface area (Å²) in [5.41, 5.74) is 0. The Bertz CT molecular complexity index is 206. The lowest BCUT2D eigenvalue weighted by molar-refractivity contribution is 0.574. The van der Waals surface area contributed by atoms with Crippen LogP contribution in [0.4, 0.5) is 4.39 Å². The molecule has 0 aliphatic rings. The van der Waals surface area contributed by atoms with Gasteiger partial charge in [-0.25, -0.2) is 4.98 Å². The van der Waals surface area contributed by atoms with Crippen molar-refractivity contribution in [1.29, 1.82) is 0 Å². The van der Waals surface area contributed by atoms with Crippen LogP contribution >= 0.6 is 45.2 Å². The molecule has 0 spiro atoms. The van der Waals surface area contributed by atoms with Crippen molar-refractivity contribution in [3.63, 3.8) is 0 Å². The predicted octanol–water partition coefficient (Wildman–Crippen LogP) is 2.43. The second kappa shape index (κ2) is 3.09. The van der Waals surface area contributed by atoms with E-state index in [0.717, 1.165) is 3.57 Å². The minimum Gasteiger partial charge on any atom is -0.227 e. The molecular weight excluding hydrogens is 347 g/mol. The van der Waals surface area contributed by atoms with Gasteiger partial charge in [-0.1, -0.05) is 0 Å². The monoisotopic (exact) mass is 349 g/mol. The minimum absolute atomic E-state index is 0.387. The molecule has 4 heteroatoms. The molecule has 0 saturated carbocycles. The normalized spacial score (nSPS) is 9.67. The lowest BCUT2D eigenvalue weighted by atomic mass is 10.5. The molecule has 1 aromatic rings. The zero-order valence-electron chi connectivity index (χ0n) is 4.24. The zero-order chi connectivity index (χ0) is 6.85. The summed E-state index contributed by atoms with van der Waals surface area (Å²) in [6.07, 6.45) is 1.46. The van der Waals surface area contributed by atoms with E-state index in [4.69, 9.17) is 0 Å². The Kier molecular flexibility index (Phi) is 2.62. The van der Waals surface area contributed by atoms with Crippen LogP contribution in [0, 0.1) is 13.1 Å². The van der Waals surface area contributed by atoms with Crippen LogP contribution in [-0.4, -0.2) is 4.98 Å². The van der Waals surface area contributed by atoms with Crippen LogP contribution in [0.25, 0.3) is 0 Å². The molecule has 0 unspecified atom stereocenters. The summed E-state index contributed by atoms with van der Waals surface area (Å²) in [4.78, 5) is 3.46. The molecule has 0 fully saturated rings. The molecule has 0 aliphatic heterocycles. The van der Waals surface area contributed by atoms with Crippen LogP contribution in [-0.2, 0) is 0 Å². The quantitative estimate of drug-likeness (QED) is 0.518. The first-order valence-electron chi connectivity index (χ1n) is 2.17. The van der Waals surface area contributed by atoms with Crippen molar-refractivity contribution in [3.8, 4) is 0 Å². The summed E-state index contributed by atoms with van der Waals surface area (Å²) in [7, 11) is 0. The largest absolute Gasteiger partial charge is 0.227 e. The van der Waals surface area contributed by atoms with Crippen molar-refractivity contribution in [3.05, 3.63) is 25.4 Å². The van der Waals surface area contributed by atoms with Crippen LogP contribution in [0.1, 0.15) is 0 Å². The van der Waals surface area contributed by atoms with Gasteiger partial charge in [0.1, 0.15) is 0 Å². The molecule has 1 nitrogen and oxygen atoms in total. The van der Waals surface area contributed by atoms with Gasteiger partial charge < -0.3 is 0 Å². The first-order valence-corrected chi connectivity index (χ1v) is 4.33. The molecule has 0 aliphatic carbocycles. The van der Waals surface area contributed by atoms with E-state index in [1.54, 1.807) is 6.07 Å². The van der Waals surface area contributed by atoms with E-state index in [2.05, 4.69) is 27.6 Å². The van der Waals surface area contributed by atoms with Gasteiger partial charge in [-0.3, -0.25) is 0 Å². The Morgan fingerprint density at radius 1 is 1.44 bits per heavy atom. The highest BCUT2D eigenvalue weighted by atomic mass is 127. The second-order valence-corrected chi connectivity index (χ2v) is 3.64. The van der Waals surface area contributed by atoms with Crippen molar-refractivity contribution < 1.29 is 4.39 Å². The molecule has 1 rings (SSSR count). The van der Waals surface area contributed by atoms with Gasteiger partial charge in [0.2, 0.25) is 5.95 Å². The maximum absolute atomic E-state index is 12.5. The van der Waals surface area contributed by atoms with Crippen molar-refractivity contribution in [1.82, 2.24) is 4.98 Å². The molecule has 1 heterocycles. The number of pyridine rings is 1. The SMILES string of the molecule is Fc1nccc(I)c1I. The standard InChI is InChI=1S/C5H2FI2N/c6-5-4(8)3(7)1-2-9-5/h1-2H. The van der Waals surface area contributed by atoms with E-state index >= 15 is 0 Å². The van der Waals surface area contributed by atoms with E-state index in [0.29, 0.717) is 3.57 Å². The highest BCUT2D eigenvalue weighted by Gasteiger charge is 2.01. The fourth-order valence-electron chi connectivity index (χ4n) is 0.397. The van der Waals surface area contributed by atoms with Crippen molar-refractivity contribution in [2.24, 2.45) is 0 Å². The maximum atomic E-state index is 12.5. The molecule has 0 atom stereocenters. The van der Waals surface area contributed by atoms with Gasteiger partial charge in [0.05, 0.1) is 3.57 Å². The fraction of sp³-hybridized carbons (Fsp3) is 0. The van der Waals surface area contributed by atoms with Gasteiger partial charge in [-0.2, -0.15) is 4.39 Å². The summed E-state index contributed by atoms with van der Waals surface area (Å²) >= 11 is 3.99. The molecule has 1 aromatic heterocycles. The van der Waals surface area contributed by atoms with Gasteiger partial charge in [0, 0.05) is 9.77 Å². The maximum Gasteiger partial charge on any atom is 0.227 e. The number of halogens is 3. The summed E-state index contributed by atoms with van der Waals surface area (Å²) < 4.78 is 14.0. The Balaban J connectivity index is 3.25. The lowest BCUT2D eigenvalue weighted by Gasteiger charge is -1.92. The number of nitrogens with zero attached hydrogens (tertiary/aromatic N) is 1. The van der Waals surface area contributed by atoms with E-state index in [1.807, 2.05) is 22.6 Å². The summed E-state index contributed by atoms with van der Waals surface area (Å²) in [6.45, 7) is 0. The highest BCUT2D eigenvalue weighted by Crippen LogP contribution is 2.15. The van der Waals surface area contributed by atoms with E-state index in [-0.39, 0.29) is 5.95 Å². The molecule has 0 N–H and O–H groups in total. The Labute approximate surface area is 79.3 Å². The Morgan fingerprint density at radius 2 is 2.11 bits per heavy atom. The topological polar surface area (TPSA) is 12.9 Å². The average molecular weight is 349 g/mol. The molecule has 0 amide bonds. The van der Waals surface area contributed by atoms with Gasteiger partial charge >= 0.3 is 0 Å². The Morgan fingerprint density at radius 3 is 2.56 bits per heavy atom. The van der Waals surface area contributed by atoms with Gasteiger partial charge in [-0.15, -0.1) is 0 Å². The van der Waals surface area contributed by atoms with Crippen LogP contribution in [0.2, 0.25) is 0 Å². The number of hydrogen-bond donors (Lipinski definition) is 0. The van der Waals surface area contributed by atoms with Crippen LogP contribution in [0.15, 0.2) is 12.3 Å². The molecule has 0 bridgehead atoms. The third-order valence-electron chi connectivity index (χ3n) is 0.800. The van der Waals surface area contributed by atoms with E-state index < -0.39 is 0 Å². The molecule has 0 aromatic carbocycles. The second-order valence-electron chi connectivity index (χ2n) is 1.40. The van der Waals surface area contributed by atoms with Gasteiger partial charge in [0.15, 0.2) is 0 Å². The third-order valence-corrected chi connectivity index (χ3v) is 3.76. The third kappa shape index (κ3) is 1.73. The van der Waals surface area contributed by atoms with Crippen LogP contribution in [0.5, 0.6) is 0 Å². The molecule has 0 saturated heterocycles. The molecular formula is C5H2FI2N. The van der Waals surface area contributed by atoms with Crippen molar-refractivity contribution >= 4 is 45.2 Å². The fourth-order valence-corrected chi connectivity index (χ4v) is 1.10. The van der Waals surface area contributed by atoms with Crippen molar-refractivity contribution in [2.75, 3.05) is 0 Å². The van der Waals surface area contributed by atoms with Crippen LogP contribution in [0.3, 0.4) is 0 Å². The molecule has 0 radical (unpaired) electrons. The molecule has 9 heavy (non-hydrogen) atoms. The first-order chi connectivity index (χ1) is 4.22. The summed E-state index contributed by atoms with van der Waals surface area (Å²) in [5, 5.41) is 0. The first kappa shape index (κ1) is 7.64. The minimum atomic E-state index is -0.387. The number of hydrogen-bond acceptors (Lipinski definition) is 1. The van der Waals surface area contributed by atoms with Gasteiger partial charge in [-0.05, 0) is 51.2 Å².